The van der Waals surface area contributed by atoms with Crippen molar-refractivity contribution in [2.75, 3.05) is 37.7 Å². The summed E-state index contributed by atoms with van der Waals surface area (Å²) in [7, 11) is 0. The molecule has 3 rings (SSSR count). The molecule has 8 nitrogen and oxygen atoms in total. The van der Waals surface area contributed by atoms with Gasteiger partial charge in [0.2, 0.25) is 5.95 Å². The van der Waals surface area contributed by atoms with E-state index in [1.54, 1.807) is 47.6 Å². The molecule has 0 radical (unpaired) electrons. The van der Waals surface area contributed by atoms with Crippen LogP contribution >= 0.6 is 0 Å². The highest BCUT2D eigenvalue weighted by Gasteiger charge is 2.23. The topological polar surface area (TPSA) is 95.9 Å². The molecular formula is C18H20N4O4. The monoisotopic (exact) mass is 356 g/mol. The van der Waals surface area contributed by atoms with E-state index in [-0.39, 0.29) is 19.1 Å². The Balaban J connectivity index is 1.46. The number of ether oxygens (including phenoxy) is 1. The Morgan fingerprint density at radius 1 is 1.04 bits per heavy atom. The SMILES string of the molecule is O=C(OCC(=O)N1CCN(c2ncccn2)CC1)c1ccc(CO)cc1. The lowest BCUT2D eigenvalue weighted by molar-refractivity contribution is -0.134. The lowest BCUT2D eigenvalue weighted by Gasteiger charge is -2.34. The summed E-state index contributed by atoms with van der Waals surface area (Å²) in [6, 6.07) is 8.18. The lowest BCUT2D eigenvalue weighted by atomic mass is 10.1. The van der Waals surface area contributed by atoms with Crippen LogP contribution in [-0.4, -0.2) is 64.6 Å². The molecule has 2 aromatic rings. The van der Waals surface area contributed by atoms with Crippen LogP contribution < -0.4 is 4.90 Å². The van der Waals surface area contributed by atoms with E-state index in [1.165, 1.54) is 0 Å². The van der Waals surface area contributed by atoms with Gasteiger partial charge in [-0.1, -0.05) is 12.1 Å². The van der Waals surface area contributed by atoms with E-state index in [1.807, 2.05) is 4.90 Å². The number of esters is 1. The van der Waals surface area contributed by atoms with Gasteiger partial charge in [0.1, 0.15) is 0 Å². The first kappa shape index (κ1) is 17.8. The van der Waals surface area contributed by atoms with Crippen LogP contribution in [0.3, 0.4) is 0 Å². The van der Waals surface area contributed by atoms with Crippen LogP contribution in [-0.2, 0) is 16.1 Å². The van der Waals surface area contributed by atoms with Gasteiger partial charge in [0.05, 0.1) is 12.2 Å². The molecule has 1 aliphatic rings. The maximum atomic E-state index is 12.2. The van der Waals surface area contributed by atoms with Gasteiger partial charge in [0.15, 0.2) is 6.61 Å². The van der Waals surface area contributed by atoms with Crippen LogP contribution in [0.2, 0.25) is 0 Å². The van der Waals surface area contributed by atoms with Crippen LogP contribution in [0.25, 0.3) is 0 Å². The lowest BCUT2D eigenvalue weighted by Crippen LogP contribution is -2.50. The molecule has 0 aliphatic carbocycles. The molecule has 0 atom stereocenters. The quantitative estimate of drug-likeness (QED) is 0.778. The number of benzene rings is 1. The number of aliphatic hydroxyl groups is 1. The van der Waals surface area contributed by atoms with Gasteiger partial charge in [-0.3, -0.25) is 4.79 Å². The van der Waals surface area contributed by atoms with Crippen molar-refractivity contribution in [2.24, 2.45) is 0 Å². The Labute approximate surface area is 151 Å². The third kappa shape index (κ3) is 4.34. The second kappa shape index (κ2) is 8.39. The molecular weight excluding hydrogens is 336 g/mol. The van der Waals surface area contributed by atoms with E-state index in [0.29, 0.717) is 43.3 Å². The highest BCUT2D eigenvalue weighted by Crippen LogP contribution is 2.10. The number of amides is 1. The highest BCUT2D eigenvalue weighted by atomic mass is 16.5. The van der Waals surface area contributed by atoms with Crippen LogP contribution in [0.1, 0.15) is 15.9 Å². The van der Waals surface area contributed by atoms with Crippen LogP contribution in [0, 0.1) is 0 Å². The Morgan fingerprint density at radius 3 is 2.31 bits per heavy atom. The van der Waals surface area contributed by atoms with E-state index in [2.05, 4.69) is 9.97 Å². The number of aliphatic hydroxyl groups excluding tert-OH is 1. The molecule has 136 valence electrons. The number of hydrogen-bond acceptors (Lipinski definition) is 7. The average Bonchev–Trinajstić information content (AvgIpc) is 2.72. The number of aromatic nitrogens is 2. The smallest absolute Gasteiger partial charge is 0.338 e. The van der Waals surface area contributed by atoms with Gasteiger partial charge in [-0.25, -0.2) is 14.8 Å². The maximum absolute atomic E-state index is 12.2. The molecule has 2 heterocycles. The number of nitrogens with zero attached hydrogens (tertiary/aromatic N) is 4. The molecule has 0 bridgehead atoms. The summed E-state index contributed by atoms with van der Waals surface area (Å²) < 4.78 is 5.10. The molecule has 1 N–H and O–H groups in total. The third-order valence-corrected chi connectivity index (χ3v) is 4.17. The average molecular weight is 356 g/mol. The summed E-state index contributed by atoms with van der Waals surface area (Å²) in [5, 5.41) is 9.00. The Kier molecular flexibility index (Phi) is 5.75. The summed E-state index contributed by atoms with van der Waals surface area (Å²) >= 11 is 0. The van der Waals surface area contributed by atoms with Crippen molar-refractivity contribution in [1.29, 1.82) is 0 Å². The number of hydrogen-bond donors (Lipinski definition) is 1. The van der Waals surface area contributed by atoms with E-state index in [0.717, 1.165) is 0 Å². The van der Waals surface area contributed by atoms with Crippen LogP contribution in [0.4, 0.5) is 5.95 Å². The van der Waals surface area contributed by atoms with Crippen molar-refractivity contribution in [3.05, 3.63) is 53.9 Å². The largest absolute Gasteiger partial charge is 0.452 e. The van der Waals surface area contributed by atoms with Crippen molar-refractivity contribution in [3.8, 4) is 0 Å². The molecule has 1 aromatic heterocycles. The fourth-order valence-corrected chi connectivity index (χ4v) is 2.66. The zero-order chi connectivity index (χ0) is 18.4. The molecule has 1 aromatic carbocycles. The minimum atomic E-state index is -0.556. The van der Waals surface area contributed by atoms with Crippen molar-refractivity contribution in [3.63, 3.8) is 0 Å². The number of carbonyl (C=O) groups is 2. The standard InChI is InChI=1S/C18H20N4O4/c23-12-14-2-4-15(5-3-14)17(25)26-13-16(24)21-8-10-22(11-9-21)18-19-6-1-7-20-18/h1-7,23H,8-13H2. The zero-order valence-corrected chi connectivity index (χ0v) is 14.2. The van der Waals surface area contributed by atoms with Gasteiger partial charge in [-0.2, -0.15) is 0 Å². The van der Waals surface area contributed by atoms with Gasteiger partial charge in [0.25, 0.3) is 5.91 Å². The van der Waals surface area contributed by atoms with Crippen molar-refractivity contribution in [1.82, 2.24) is 14.9 Å². The van der Waals surface area contributed by atoms with E-state index >= 15 is 0 Å². The number of anilines is 1. The number of piperazine rings is 1. The number of carbonyl (C=O) groups excluding carboxylic acids is 2. The first-order chi connectivity index (χ1) is 12.7. The second-order valence-corrected chi connectivity index (χ2v) is 5.85. The van der Waals surface area contributed by atoms with Crippen molar-refractivity contribution >= 4 is 17.8 Å². The molecule has 1 amide bonds. The first-order valence-corrected chi connectivity index (χ1v) is 8.34. The first-order valence-electron chi connectivity index (χ1n) is 8.34. The minimum Gasteiger partial charge on any atom is -0.452 e. The molecule has 8 heteroatoms. The van der Waals surface area contributed by atoms with E-state index < -0.39 is 5.97 Å². The van der Waals surface area contributed by atoms with Gasteiger partial charge in [-0.05, 0) is 23.8 Å². The Bertz CT molecular complexity index is 744. The summed E-state index contributed by atoms with van der Waals surface area (Å²) in [5.74, 6) is -0.129. The molecule has 1 fully saturated rings. The van der Waals surface area contributed by atoms with Crippen LogP contribution in [0.15, 0.2) is 42.7 Å². The predicted molar refractivity (Wildman–Crippen MR) is 93.5 cm³/mol. The Hall–Kier alpha value is -3.00. The molecule has 0 unspecified atom stereocenters. The molecule has 0 spiro atoms. The van der Waals surface area contributed by atoms with E-state index in [4.69, 9.17) is 9.84 Å². The minimum absolute atomic E-state index is 0.0895. The second-order valence-electron chi connectivity index (χ2n) is 5.85. The summed E-state index contributed by atoms with van der Waals surface area (Å²) in [5.41, 5.74) is 1.05. The fourth-order valence-electron chi connectivity index (χ4n) is 2.66. The normalized spacial score (nSPS) is 14.2. The summed E-state index contributed by atoms with van der Waals surface area (Å²) in [6.07, 6.45) is 3.37. The maximum Gasteiger partial charge on any atom is 0.338 e. The zero-order valence-electron chi connectivity index (χ0n) is 14.2. The Morgan fingerprint density at radius 2 is 1.69 bits per heavy atom. The van der Waals surface area contributed by atoms with Crippen molar-refractivity contribution in [2.45, 2.75) is 6.61 Å². The molecule has 0 saturated carbocycles. The van der Waals surface area contributed by atoms with Gasteiger partial charge >= 0.3 is 5.97 Å². The van der Waals surface area contributed by atoms with E-state index in [9.17, 15) is 9.59 Å². The van der Waals surface area contributed by atoms with Crippen LogP contribution in [0.5, 0.6) is 0 Å². The third-order valence-electron chi connectivity index (χ3n) is 4.17. The molecule has 1 saturated heterocycles. The highest BCUT2D eigenvalue weighted by molar-refractivity contribution is 5.91. The fraction of sp³-hybridized carbons (Fsp3) is 0.333. The van der Waals surface area contributed by atoms with Gasteiger partial charge in [0, 0.05) is 38.6 Å². The molecule has 1 aliphatic heterocycles. The van der Waals surface area contributed by atoms with Gasteiger partial charge in [-0.15, -0.1) is 0 Å². The van der Waals surface area contributed by atoms with Gasteiger partial charge < -0.3 is 19.6 Å². The summed E-state index contributed by atoms with van der Waals surface area (Å²) in [4.78, 5) is 36.3. The number of rotatable bonds is 5. The summed E-state index contributed by atoms with van der Waals surface area (Å²) in [6.45, 7) is 1.94. The predicted octanol–water partition coefficient (Wildman–Crippen LogP) is 0.474. The molecule has 26 heavy (non-hydrogen) atoms. The van der Waals surface area contributed by atoms with Crippen molar-refractivity contribution < 1.29 is 19.4 Å².